The molecule has 1 rings (SSSR count). The van der Waals surface area contributed by atoms with E-state index in [1.54, 1.807) is 11.5 Å². The van der Waals surface area contributed by atoms with Crippen molar-refractivity contribution in [2.45, 2.75) is 47.2 Å². The van der Waals surface area contributed by atoms with Crippen molar-refractivity contribution in [1.29, 1.82) is 0 Å². The van der Waals surface area contributed by atoms with E-state index < -0.39 is 0 Å². The number of amides is 1. The number of allylic oxidation sites excluding steroid dienone is 1. The first-order chi connectivity index (χ1) is 9.46. The number of carbonyl (C=O) groups is 1. The van der Waals surface area contributed by atoms with Crippen LogP contribution in [0.4, 0.5) is 0 Å². The summed E-state index contributed by atoms with van der Waals surface area (Å²) < 4.78 is 2.24. The third-order valence-corrected chi connectivity index (χ3v) is 4.82. The Labute approximate surface area is 126 Å². The molecule has 0 N–H and O–H groups in total. The molecule has 1 atom stereocenters. The van der Waals surface area contributed by atoms with Crippen molar-refractivity contribution in [3.8, 4) is 0 Å². The van der Waals surface area contributed by atoms with Gasteiger partial charge in [-0.15, -0.1) is 0 Å². The summed E-state index contributed by atoms with van der Waals surface area (Å²) in [7, 11) is 1.96. The molecular weight excluding hydrogens is 270 g/mol. The number of aromatic nitrogens is 1. The minimum Gasteiger partial charge on any atom is -0.371 e. The molecule has 0 radical (unpaired) electrons. The molecule has 5 heteroatoms. The van der Waals surface area contributed by atoms with Gasteiger partial charge in [0.15, 0.2) is 0 Å². The van der Waals surface area contributed by atoms with E-state index in [9.17, 15) is 4.79 Å². The molecule has 0 unspecified atom stereocenters. The molecule has 0 saturated heterocycles. The zero-order chi connectivity index (χ0) is 15.3. The van der Waals surface area contributed by atoms with Crippen LogP contribution in [0.5, 0.6) is 0 Å². The summed E-state index contributed by atoms with van der Waals surface area (Å²) in [5.41, 5.74) is 2.06. The molecule has 0 aliphatic rings. The van der Waals surface area contributed by atoms with Gasteiger partial charge in [0.1, 0.15) is 0 Å². The number of hydrogen-bond acceptors (Lipinski definition) is 3. The lowest BCUT2D eigenvalue weighted by Gasteiger charge is -2.32. The standard InChI is InChI=1S/C15H27N3OS/c1-7-14(16(6)8-2)15(19)17(9-3)12(4)10-18-13(5)11-20-18/h7,11-12H,8-10H2,1-6H3/b14-7-/t12-/m1/s1. The Kier molecular flexibility index (Phi) is 6.33. The average molecular weight is 297 g/mol. The lowest BCUT2D eigenvalue weighted by Crippen LogP contribution is -2.44. The summed E-state index contributed by atoms with van der Waals surface area (Å²) in [6, 6.07) is 0.198. The second kappa shape index (κ2) is 7.53. The smallest absolute Gasteiger partial charge is 0.270 e. The molecule has 20 heavy (non-hydrogen) atoms. The molecule has 1 amide bonds. The van der Waals surface area contributed by atoms with Crippen LogP contribution < -0.4 is 0 Å². The Bertz CT molecular complexity index is 461. The van der Waals surface area contributed by atoms with Gasteiger partial charge in [-0.2, -0.15) is 0 Å². The van der Waals surface area contributed by atoms with E-state index in [-0.39, 0.29) is 11.9 Å². The predicted molar refractivity (Wildman–Crippen MR) is 86.0 cm³/mol. The zero-order valence-corrected chi connectivity index (χ0v) is 14.3. The SMILES string of the molecule is C/C=C(/C(=O)N(CC)[C@H](C)Cn1scc1C)N(C)CC. The summed E-state index contributed by atoms with van der Waals surface area (Å²) in [5, 5.41) is 2.13. The Morgan fingerprint density at radius 3 is 2.45 bits per heavy atom. The van der Waals surface area contributed by atoms with Gasteiger partial charge in [-0.1, -0.05) is 17.6 Å². The van der Waals surface area contributed by atoms with Crippen LogP contribution in [0.3, 0.4) is 0 Å². The van der Waals surface area contributed by atoms with Crippen LogP contribution in [-0.4, -0.2) is 45.8 Å². The summed E-state index contributed by atoms with van der Waals surface area (Å²) in [4.78, 5) is 16.6. The number of carbonyl (C=O) groups excluding carboxylic acids is 1. The Morgan fingerprint density at radius 2 is 2.10 bits per heavy atom. The quantitative estimate of drug-likeness (QED) is 0.724. The van der Waals surface area contributed by atoms with Crippen molar-refractivity contribution < 1.29 is 4.79 Å². The van der Waals surface area contributed by atoms with Gasteiger partial charge < -0.3 is 9.80 Å². The van der Waals surface area contributed by atoms with Crippen molar-refractivity contribution in [3.63, 3.8) is 0 Å². The summed E-state index contributed by atoms with van der Waals surface area (Å²) in [6.07, 6.45) is 1.91. The van der Waals surface area contributed by atoms with Gasteiger partial charge in [-0.3, -0.25) is 8.75 Å². The second-order valence-corrected chi connectivity index (χ2v) is 5.94. The van der Waals surface area contributed by atoms with Crippen LogP contribution in [0.25, 0.3) is 0 Å². The fourth-order valence-corrected chi connectivity index (χ4v) is 3.01. The molecule has 0 saturated carbocycles. The third-order valence-electron chi connectivity index (χ3n) is 3.69. The van der Waals surface area contributed by atoms with Gasteiger partial charge >= 0.3 is 0 Å². The van der Waals surface area contributed by atoms with E-state index in [4.69, 9.17) is 0 Å². The molecule has 0 fully saturated rings. The van der Waals surface area contributed by atoms with Crippen LogP contribution >= 0.6 is 11.5 Å². The molecular formula is C15H27N3OS. The fraction of sp³-hybridized carbons (Fsp3) is 0.667. The largest absolute Gasteiger partial charge is 0.371 e. The van der Waals surface area contributed by atoms with Crippen molar-refractivity contribution in [2.75, 3.05) is 20.1 Å². The highest BCUT2D eigenvalue weighted by Gasteiger charge is 2.24. The number of hydrogen-bond donors (Lipinski definition) is 0. The average Bonchev–Trinajstić information content (AvgIpc) is 2.44. The maximum absolute atomic E-state index is 12.7. The third kappa shape index (κ3) is 3.66. The first-order valence-electron chi connectivity index (χ1n) is 7.25. The zero-order valence-electron chi connectivity index (χ0n) is 13.5. The number of likely N-dealkylation sites (N-methyl/N-ethyl adjacent to an activating group) is 2. The van der Waals surface area contributed by atoms with Crippen LogP contribution in [0.2, 0.25) is 0 Å². The highest BCUT2D eigenvalue weighted by Crippen LogP contribution is 2.16. The van der Waals surface area contributed by atoms with Crippen molar-refractivity contribution >= 4 is 17.4 Å². The lowest BCUT2D eigenvalue weighted by molar-refractivity contribution is -0.130. The summed E-state index contributed by atoms with van der Waals surface area (Å²) >= 11 is 1.71. The highest BCUT2D eigenvalue weighted by atomic mass is 32.1. The van der Waals surface area contributed by atoms with Gasteiger partial charge in [0.2, 0.25) is 0 Å². The number of rotatable bonds is 7. The van der Waals surface area contributed by atoms with E-state index in [1.165, 1.54) is 5.69 Å². The topological polar surface area (TPSA) is 28.5 Å². The maximum Gasteiger partial charge on any atom is 0.270 e. The molecule has 1 heterocycles. The van der Waals surface area contributed by atoms with Gasteiger partial charge in [-0.05, 0) is 34.6 Å². The molecule has 0 bridgehead atoms. The normalized spacial score (nSPS) is 13.4. The van der Waals surface area contributed by atoms with Crippen molar-refractivity contribution in [3.05, 3.63) is 22.8 Å². The minimum atomic E-state index is 0.124. The molecule has 0 spiro atoms. The first kappa shape index (κ1) is 16.8. The van der Waals surface area contributed by atoms with Crippen LogP contribution in [0, 0.1) is 6.92 Å². The number of aryl methyl sites for hydroxylation is 1. The van der Waals surface area contributed by atoms with E-state index in [1.807, 2.05) is 36.8 Å². The Morgan fingerprint density at radius 1 is 1.45 bits per heavy atom. The van der Waals surface area contributed by atoms with Gasteiger partial charge in [0.05, 0.1) is 12.2 Å². The Balaban J connectivity index is 2.79. The second-order valence-electron chi connectivity index (χ2n) is 5.05. The van der Waals surface area contributed by atoms with Crippen LogP contribution in [0.1, 0.15) is 33.4 Å². The lowest BCUT2D eigenvalue weighted by atomic mass is 10.2. The minimum absolute atomic E-state index is 0.124. The van der Waals surface area contributed by atoms with E-state index in [2.05, 4.69) is 30.1 Å². The van der Waals surface area contributed by atoms with Gasteiger partial charge in [-0.25, -0.2) is 0 Å². The fourth-order valence-electron chi connectivity index (χ4n) is 2.24. The van der Waals surface area contributed by atoms with Gasteiger partial charge in [0, 0.05) is 37.3 Å². The van der Waals surface area contributed by atoms with E-state index in [0.29, 0.717) is 0 Å². The highest BCUT2D eigenvalue weighted by molar-refractivity contribution is 7.05. The molecule has 114 valence electrons. The first-order valence-corrected chi connectivity index (χ1v) is 8.09. The van der Waals surface area contributed by atoms with E-state index in [0.717, 1.165) is 25.3 Å². The molecule has 1 aromatic rings. The molecule has 0 aromatic carbocycles. The van der Waals surface area contributed by atoms with Crippen molar-refractivity contribution in [1.82, 2.24) is 13.8 Å². The monoisotopic (exact) mass is 297 g/mol. The molecule has 0 aliphatic carbocycles. The van der Waals surface area contributed by atoms with Gasteiger partial charge in [0.25, 0.3) is 5.91 Å². The summed E-state index contributed by atoms with van der Waals surface area (Å²) in [5.74, 6) is 0.124. The van der Waals surface area contributed by atoms with E-state index >= 15 is 0 Å². The van der Waals surface area contributed by atoms with Crippen LogP contribution in [0.15, 0.2) is 17.2 Å². The molecule has 1 aromatic heterocycles. The van der Waals surface area contributed by atoms with Crippen LogP contribution in [-0.2, 0) is 11.3 Å². The Hall–Kier alpha value is -1.23. The number of nitrogens with zero attached hydrogens (tertiary/aromatic N) is 3. The predicted octanol–water partition coefficient (Wildman–Crippen LogP) is 2.95. The maximum atomic E-state index is 12.7. The molecule has 4 nitrogen and oxygen atoms in total. The summed E-state index contributed by atoms with van der Waals surface area (Å²) in [6.45, 7) is 12.7. The van der Waals surface area contributed by atoms with Crippen molar-refractivity contribution in [2.24, 2.45) is 0 Å². The molecule has 0 aliphatic heterocycles.